The van der Waals surface area contributed by atoms with E-state index in [1.54, 1.807) is 0 Å². The molecule has 1 saturated heterocycles. The smallest absolute Gasteiger partial charge is 0.362 e. The molecule has 5 rings (SSSR count). The highest BCUT2D eigenvalue weighted by Crippen LogP contribution is 2.56. The summed E-state index contributed by atoms with van der Waals surface area (Å²) in [6, 6.07) is 6.68. The van der Waals surface area contributed by atoms with Crippen molar-refractivity contribution >= 4 is 33.1 Å². The molecule has 216 valence electrons. The van der Waals surface area contributed by atoms with Gasteiger partial charge >= 0.3 is 16.2 Å². The van der Waals surface area contributed by atoms with E-state index in [-0.39, 0.29) is 16.8 Å². The summed E-state index contributed by atoms with van der Waals surface area (Å²) in [4.78, 5) is 20.5. The number of nitrogens with one attached hydrogen (secondary N) is 1. The van der Waals surface area contributed by atoms with Crippen molar-refractivity contribution in [1.29, 1.82) is 0 Å². The lowest BCUT2D eigenvalue weighted by Crippen LogP contribution is -2.45. The largest absolute Gasteiger partial charge is 0.397 e. The Labute approximate surface area is 225 Å². The first-order chi connectivity index (χ1) is 18.8. The summed E-state index contributed by atoms with van der Waals surface area (Å²) in [5.74, 6) is -5.32. The van der Waals surface area contributed by atoms with Crippen molar-refractivity contribution in [2.75, 3.05) is 12.3 Å². The maximum absolute atomic E-state index is 14.7. The van der Waals surface area contributed by atoms with E-state index in [0.717, 1.165) is 0 Å². The minimum atomic E-state index is -4.83. The summed E-state index contributed by atoms with van der Waals surface area (Å²) >= 11 is 0. The number of carbonyl (C=O) groups is 1. The number of nitrogen functional groups attached to an aromatic ring is 1. The average Bonchev–Trinajstić information content (AvgIpc) is 3.50. The SMILES string of the molecule is Nc1ccnc2c1ncn2[C@@H]1O[C@H](COS(=O)(=O)NC(=O)CC[C@@]2(O)c3ccccc3[C@@H](O)C2(F)F)[C@@H](O)[C@H]1O. The van der Waals surface area contributed by atoms with Crippen LogP contribution in [0.25, 0.3) is 11.2 Å². The fourth-order valence-corrected chi connectivity index (χ4v) is 5.67. The van der Waals surface area contributed by atoms with Crippen molar-refractivity contribution in [2.24, 2.45) is 0 Å². The van der Waals surface area contributed by atoms with Gasteiger partial charge in [-0.05, 0) is 23.6 Å². The number of hydrogen-bond acceptors (Lipinski definition) is 12. The van der Waals surface area contributed by atoms with Gasteiger partial charge in [0, 0.05) is 12.6 Å². The van der Waals surface area contributed by atoms with Crippen LogP contribution >= 0.6 is 0 Å². The molecule has 0 spiro atoms. The Morgan fingerprint density at radius 1 is 1.18 bits per heavy atom. The molecule has 1 aliphatic carbocycles. The zero-order chi connectivity index (χ0) is 29.0. The van der Waals surface area contributed by atoms with Crippen molar-refractivity contribution < 1.29 is 51.3 Å². The Morgan fingerprint density at radius 2 is 1.90 bits per heavy atom. The highest BCUT2D eigenvalue weighted by atomic mass is 32.2. The van der Waals surface area contributed by atoms with Crippen LogP contribution in [0, 0.1) is 0 Å². The summed E-state index contributed by atoms with van der Waals surface area (Å²) in [6.45, 7) is -0.832. The van der Waals surface area contributed by atoms with Gasteiger partial charge in [-0.2, -0.15) is 17.2 Å². The molecule has 0 bridgehead atoms. The van der Waals surface area contributed by atoms with Gasteiger partial charge in [0.15, 0.2) is 17.5 Å². The maximum atomic E-state index is 14.7. The number of pyridine rings is 1. The molecule has 2 aromatic heterocycles. The van der Waals surface area contributed by atoms with Gasteiger partial charge in [0.05, 0.1) is 18.6 Å². The van der Waals surface area contributed by atoms with E-state index in [1.165, 1.54) is 52.1 Å². The molecular weight excluding hydrogens is 560 g/mol. The summed E-state index contributed by atoms with van der Waals surface area (Å²) in [5, 5.41) is 41.5. The maximum Gasteiger partial charge on any atom is 0.362 e. The summed E-state index contributed by atoms with van der Waals surface area (Å²) < 4.78 is 67.2. The van der Waals surface area contributed by atoms with Gasteiger partial charge in [0.2, 0.25) is 5.91 Å². The Bertz CT molecular complexity index is 1550. The van der Waals surface area contributed by atoms with Gasteiger partial charge in [0.25, 0.3) is 0 Å². The predicted octanol–water partition coefficient (Wildman–Crippen LogP) is -0.639. The lowest BCUT2D eigenvalue weighted by atomic mass is 9.88. The number of amides is 1. The second-order valence-electron chi connectivity index (χ2n) is 9.51. The molecule has 3 heterocycles. The highest BCUT2D eigenvalue weighted by Gasteiger charge is 2.64. The number of fused-ring (bicyclic) bond motifs is 2. The topological polar surface area (TPSA) is 219 Å². The molecule has 14 nitrogen and oxygen atoms in total. The molecule has 1 amide bonds. The van der Waals surface area contributed by atoms with Gasteiger partial charge < -0.3 is 30.9 Å². The standard InChI is InChI=1S/C23H25F2N5O9S/c24-23(25)19(34)11-3-1-2-4-12(11)22(23,35)7-5-15(31)29-40(36,37)38-9-14-17(32)18(33)21(39-14)30-10-28-16-13(26)6-8-27-20(16)30/h1-4,6,8,10,14,17-19,21,32-35H,5,7,9H2,(H2,26,27)(H,29,31)/t14-,17-,18-,19-,21-,22-/m1/s1. The molecule has 0 unspecified atom stereocenters. The van der Waals surface area contributed by atoms with Gasteiger partial charge in [0.1, 0.15) is 29.9 Å². The summed E-state index contributed by atoms with van der Waals surface area (Å²) in [7, 11) is -4.83. The van der Waals surface area contributed by atoms with Crippen LogP contribution in [0.5, 0.6) is 0 Å². The zero-order valence-electron chi connectivity index (χ0n) is 20.5. The molecule has 17 heteroatoms. The predicted molar refractivity (Wildman–Crippen MR) is 130 cm³/mol. The Morgan fingerprint density at radius 3 is 2.65 bits per heavy atom. The lowest BCUT2D eigenvalue weighted by Gasteiger charge is -2.31. The zero-order valence-corrected chi connectivity index (χ0v) is 21.3. The van der Waals surface area contributed by atoms with Crippen LogP contribution in [0.4, 0.5) is 14.5 Å². The number of ether oxygens (including phenoxy) is 1. The number of benzene rings is 1. The number of nitrogens with zero attached hydrogens (tertiary/aromatic N) is 3. The van der Waals surface area contributed by atoms with E-state index in [9.17, 15) is 42.4 Å². The Hall–Kier alpha value is -3.32. The van der Waals surface area contributed by atoms with Crippen molar-refractivity contribution in [2.45, 2.75) is 55.0 Å². The number of hydrogen-bond donors (Lipinski definition) is 6. The number of rotatable bonds is 8. The molecule has 1 aromatic carbocycles. The fraction of sp³-hybridized carbons (Fsp3) is 0.435. The fourth-order valence-electron chi connectivity index (χ4n) is 4.92. The van der Waals surface area contributed by atoms with Crippen LogP contribution in [-0.4, -0.2) is 80.1 Å². The van der Waals surface area contributed by atoms with Crippen LogP contribution in [0.15, 0.2) is 42.9 Å². The Kier molecular flexibility index (Phi) is 7.02. The van der Waals surface area contributed by atoms with Crippen molar-refractivity contribution in [1.82, 2.24) is 19.3 Å². The van der Waals surface area contributed by atoms with Crippen LogP contribution in [0.2, 0.25) is 0 Å². The number of anilines is 1. The van der Waals surface area contributed by atoms with E-state index in [2.05, 4.69) is 9.97 Å². The highest BCUT2D eigenvalue weighted by molar-refractivity contribution is 7.85. The third-order valence-electron chi connectivity index (χ3n) is 7.04. The van der Waals surface area contributed by atoms with Crippen molar-refractivity contribution in [3.05, 3.63) is 54.0 Å². The van der Waals surface area contributed by atoms with E-state index in [4.69, 9.17) is 14.7 Å². The molecule has 1 fully saturated rings. The normalized spacial score (nSPS) is 29.5. The van der Waals surface area contributed by atoms with Crippen LogP contribution < -0.4 is 10.5 Å². The lowest BCUT2D eigenvalue weighted by molar-refractivity contribution is -0.226. The minimum absolute atomic E-state index is 0.204. The second-order valence-corrected chi connectivity index (χ2v) is 10.9. The molecule has 40 heavy (non-hydrogen) atoms. The number of halogens is 2. The molecule has 6 atom stereocenters. The average molecular weight is 586 g/mol. The van der Waals surface area contributed by atoms with E-state index in [1.807, 2.05) is 0 Å². The number of carbonyl (C=O) groups excluding carboxylic acids is 1. The first-order valence-electron chi connectivity index (χ1n) is 11.9. The number of nitrogens with two attached hydrogens (primary N) is 1. The quantitative estimate of drug-likeness (QED) is 0.194. The van der Waals surface area contributed by atoms with E-state index in [0.29, 0.717) is 11.2 Å². The number of aliphatic hydroxyl groups excluding tert-OH is 3. The minimum Gasteiger partial charge on any atom is -0.397 e. The van der Waals surface area contributed by atoms with E-state index >= 15 is 0 Å². The van der Waals surface area contributed by atoms with Crippen molar-refractivity contribution in [3.63, 3.8) is 0 Å². The number of imidazole rings is 1. The van der Waals surface area contributed by atoms with Gasteiger partial charge in [-0.3, -0.25) is 13.5 Å². The molecule has 0 saturated carbocycles. The third kappa shape index (κ3) is 4.58. The summed E-state index contributed by atoms with van der Waals surface area (Å²) in [6.07, 6.45) is -7.18. The van der Waals surface area contributed by atoms with Crippen molar-refractivity contribution in [3.8, 4) is 0 Å². The molecule has 1 aliphatic heterocycles. The molecule has 3 aromatic rings. The monoisotopic (exact) mass is 585 g/mol. The molecular formula is C23H25F2N5O9S. The van der Waals surface area contributed by atoms with E-state index < -0.39 is 77.8 Å². The first kappa shape index (κ1) is 28.2. The summed E-state index contributed by atoms with van der Waals surface area (Å²) in [5.41, 5.74) is 3.31. The number of alkyl halides is 2. The van der Waals surface area contributed by atoms with Crippen LogP contribution in [0.3, 0.4) is 0 Å². The van der Waals surface area contributed by atoms with Crippen LogP contribution in [-0.2, 0) is 29.6 Å². The van der Waals surface area contributed by atoms with Gasteiger partial charge in [-0.1, -0.05) is 24.3 Å². The molecule has 0 radical (unpaired) electrons. The molecule has 2 aliphatic rings. The first-order valence-corrected chi connectivity index (χ1v) is 13.3. The number of aromatic nitrogens is 3. The van der Waals surface area contributed by atoms with Gasteiger partial charge in [-0.15, -0.1) is 0 Å². The van der Waals surface area contributed by atoms with Crippen LogP contribution in [0.1, 0.15) is 36.3 Å². The second kappa shape index (κ2) is 9.95. The van der Waals surface area contributed by atoms with Gasteiger partial charge in [-0.25, -0.2) is 14.7 Å². The number of aliphatic hydroxyl groups is 4. The Balaban J connectivity index is 1.20. The molecule has 7 N–H and O–H groups in total. The third-order valence-corrected chi connectivity index (χ3v) is 7.96.